The molecule has 0 saturated heterocycles. The molecule has 6 nitrogen and oxygen atoms in total. The third-order valence-corrected chi connectivity index (χ3v) is 6.72. The van der Waals surface area contributed by atoms with Crippen LogP contribution in [0.2, 0.25) is 5.02 Å². The zero-order chi connectivity index (χ0) is 24.1. The Morgan fingerprint density at radius 2 is 1.85 bits per heavy atom. The van der Waals surface area contributed by atoms with Crippen molar-refractivity contribution in [1.29, 1.82) is 0 Å². The Bertz CT molecular complexity index is 1350. The first-order valence-corrected chi connectivity index (χ1v) is 12.8. The largest absolute Gasteiger partial charge is 0.494 e. The number of ether oxygens (including phenoxy) is 2. The maximum atomic E-state index is 12.5. The van der Waals surface area contributed by atoms with Crippen molar-refractivity contribution in [2.24, 2.45) is 5.10 Å². The molecule has 0 spiro atoms. The van der Waals surface area contributed by atoms with Gasteiger partial charge in [-0.1, -0.05) is 29.8 Å². The SMILES string of the molecule is CCOc1ccc2oc(C(=O)N/N=C/c3cc(I)c(OCc4ccccc4Cl)c(I)c3)cc2c1. The van der Waals surface area contributed by atoms with Crippen LogP contribution in [0.5, 0.6) is 11.5 Å². The lowest BCUT2D eigenvalue weighted by Crippen LogP contribution is -2.16. The van der Waals surface area contributed by atoms with E-state index in [1.807, 2.05) is 49.4 Å². The molecule has 1 amide bonds. The van der Waals surface area contributed by atoms with Crippen LogP contribution in [-0.4, -0.2) is 18.7 Å². The zero-order valence-corrected chi connectivity index (χ0v) is 23.1. The molecule has 1 aromatic heterocycles. The topological polar surface area (TPSA) is 73.1 Å². The van der Waals surface area contributed by atoms with E-state index in [9.17, 15) is 4.79 Å². The van der Waals surface area contributed by atoms with Crippen LogP contribution in [-0.2, 0) is 6.61 Å². The fraction of sp³-hybridized carbons (Fsp3) is 0.120. The van der Waals surface area contributed by atoms with Crippen LogP contribution in [0.15, 0.2) is 70.2 Å². The van der Waals surface area contributed by atoms with Crippen molar-refractivity contribution in [3.63, 3.8) is 0 Å². The second-order valence-corrected chi connectivity index (χ2v) is 9.87. The molecule has 4 aromatic rings. The summed E-state index contributed by atoms with van der Waals surface area (Å²) in [5.41, 5.74) is 4.86. The van der Waals surface area contributed by atoms with E-state index in [4.69, 9.17) is 25.5 Å². The smallest absolute Gasteiger partial charge is 0.307 e. The molecule has 9 heteroatoms. The number of hydrazone groups is 1. The number of amides is 1. The molecule has 3 aromatic carbocycles. The minimum absolute atomic E-state index is 0.174. The number of hydrogen-bond donors (Lipinski definition) is 1. The lowest BCUT2D eigenvalue weighted by Gasteiger charge is -2.12. The van der Waals surface area contributed by atoms with E-state index in [1.54, 1.807) is 24.4 Å². The highest BCUT2D eigenvalue weighted by Crippen LogP contribution is 2.30. The maximum Gasteiger partial charge on any atom is 0.307 e. The van der Waals surface area contributed by atoms with Crippen molar-refractivity contribution in [3.8, 4) is 11.5 Å². The van der Waals surface area contributed by atoms with E-state index in [0.717, 1.165) is 35.2 Å². The van der Waals surface area contributed by atoms with E-state index in [-0.39, 0.29) is 5.76 Å². The van der Waals surface area contributed by atoms with Crippen LogP contribution in [0.3, 0.4) is 0 Å². The molecule has 0 aliphatic rings. The maximum absolute atomic E-state index is 12.5. The van der Waals surface area contributed by atoms with Gasteiger partial charge in [0.05, 0.1) is 20.0 Å². The molecule has 0 aliphatic heterocycles. The van der Waals surface area contributed by atoms with Crippen LogP contribution in [0.4, 0.5) is 0 Å². The average molecular weight is 701 g/mol. The summed E-state index contributed by atoms with van der Waals surface area (Å²) < 4.78 is 19.0. The summed E-state index contributed by atoms with van der Waals surface area (Å²) in [5.74, 6) is 1.24. The van der Waals surface area contributed by atoms with Gasteiger partial charge in [0, 0.05) is 16.0 Å². The van der Waals surface area contributed by atoms with Gasteiger partial charge in [-0.25, -0.2) is 5.43 Å². The summed E-state index contributed by atoms with van der Waals surface area (Å²) >= 11 is 10.7. The third kappa shape index (κ3) is 6.02. The Kier molecular flexibility index (Phi) is 8.32. The summed E-state index contributed by atoms with van der Waals surface area (Å²) in [7, 11) is 0. The molecule has 34 heavy (non-hydrogen) atoms. The van der Waals surface area contributed by atoms with Crippen LogP contribution in [0.1, 0.15) is 28.6 Å². The molecule has 1 N–H and O–H groups in total. The van der Waals surface area contributed by atoms with Crippen molar-refractivity contribution in [2.75, 3.05) is 6.61 Å². The number of nitrogens with zero attached hydrogens (tertiary/aromatic N) is 1. The number of carbonyl (C=O) groups excluding carboxylic acids is 1. The van der Waals surface area contributed by atoms with Crippen LogP contribution >= 0.6 is 56.8 Å². The quantitative estimate of drug-likeness (QED) is 0.122. The Labute approximate surface area is 228 Å². The first-order chi connectivity index (χ1) is 16.4. The second kappa shape index (κ2) is 11.4. The van der Waals surface area contributed by atoms with Crippen molar-refractivity contribution in [3.05, 3.63) is 89.7 Å². The molecular weight excluding hydrogens is 682 g/mol. The van der Waals surface area contributed by atoms with E-state index in [2.05, 4.69) is 55.7 Å². The predicted octanol–water partition coefficient (Wildman–Crippen LogP) is 7.04. The average Bonchev–Trinajstić information content (AvgIpc) is 3.23. The van der Waals surface area contributed by atoms with Gasteiger partial charge >= 0.3 is 5.91 Å². The molecule has 0 atom stereocenters. The van der Waals surface area contributed by atoms with Crippen LogP contribution in [0, 0.1) is 7.14 Å². The number of carbonyl (C=O) groups is 1. The van der Waals surface area contributed by atoms with E-state index in [0.29, 0.717) is 23.8 Å². The van der Waals surface area contributed by atoms with Gasteiger partial charge in [-0.3, -0.25) is 4.79 Å². The highest BCUT2D eigenvalue weighted by Gasteiger charge is 2.13. The first kappa shape index (κ1) is 24.8. The van der Waals surface area contributed by atoms with Gasteiger partial charge in [0.2, 0.25) is 0 Å². The Balaban J connectivity index is 1.41. The highest BCUT2D eigenvalue weighted by molar-refractivity contribution is 14.1. The van der Waals surface area contributed by atoms with Crippen LogP contribution in [0.25, 0.3) is 11.0 Å². The van der Waals surface area contributed by atoms with Gasteiger partial charge in [-0.05, 0) is 100 Å². The minimum Gasteiger partial charge on any atom is -0.494 e. The van der Waals surface area contributed by atoms with Gasteiger partial charge in [-0.15, -0.1) is 0 Å². The molecule has 0 fully saturated rings. The number of furan rings is 1. The molecule has 1 heterocycles. The van der Waals surface area contributed by atoms with Crippen molar-refractivity contribution >= 4 is 79.9 Å². The van der Waals surface area contributed by atoms with Gasteiger partial charge in [0.25, 0.3) is 0 Å². The van der Waals surface area contributed by atoms with E-state index in [1.165, 1.54) is 0 Å². The van der Waals surface area contributed by atoms with E-state index < -0.39 is 5.91 Å². The Morgan fingerprint density at radius 3 is 2.59 bits per heavy atom. The van der Waals surface area contributed by atoms with E-state index >= 15 is 0 Å². The molecule has 0 aliphatic carbocycles. The predicted molar refractivity (Wildman–Crippen MR) is 150 cm³/mol. The van der Waals surface area contributed by atoms with Crippen LogP contribution < -0.4 is 14.9 Å². The second-order valence-electron chi connectivity index (χ2n) is 7.14. The monoisotopic (exact) mass is 700 g/mol. The summed E-state index contributed by atoms with van der Waals surface area (Å²) in [6.07, 6.45) is 1.58. The fourth-order valence-corrected chi connectivity index (χ4v) is 5.49. The molecular formula is C25H19ClI2N2O4. The molecule has 0 radical (unpaired) electrons. The Morgan fingerprint density at radius 1 is 1.09 bits per heavy atom. The fourth-order valence-electron chi connectivity index (χ4n) is 3.17. The molecule has 174 valence electrons. The number of nitrogens with one attached hydrogen (secondary N) is 1. The summed E-state index contributed by atoms with van der Waals surface area (Å²) in [5, 5.41) is 5.54. The minimum atomic E-state index is -0.436. The Hall–Kier alpha value is -2.31. The lowest BCUT2D eigenvalue weighted by atomic mass is 10.2. The number of halogens is 3. The molecule has 4 rings (SSSR count). The molecule has 0 unspecified atom stereocenters. The number of rotatable bonds is 8. The van der Waals surface area contributed by atoms with Gasteiger partial charge < -0.3 is 13.9 Å². The lowest BCUT2D eigenvalue weighted by molar-refractivity contribution is 0.0929. The van der Waals surface area contributed by atoms with Gasteiger partial charge in [-0.2, -0.15) is 5.10 Å². The molecule has 0 saturated carbocycles. The number of fused-ring (bicyclic) bond motifs is 1. The van der Waals surface area contributed by atoms with Crippen molar-refractivity contribution < 1.29 is 18.7 Å². The highest BCUT2D eigenvalue weighted by atomic mass is 127. The first-order valence-electron chi connectivity index (χ1n) is 10.3. The summed E-state index contributed by atoms with van der Waals surface area (Å²) in [6.45, 7) is 2.86. The third-order valence-electron chi connectivity index (χ3n) is 4.75. The van der Waals surface area contributed by atoms with Gasteiger partial charge in [0.1, 0.15) is 23.7 Å². The summed E-state index contributed by atoms with van der Waals surface area (Å²) in [4.78, 5) is 12.5. The van der Waals surface area contributed by atoms with Crippen molar-refractivity contribution in [2.45, 2.75) is 13.5 Å². The standard InChI is InChI=1S/C25H19ClI2N2O4/c1-2-32-18-7-8-22-17(11-18)12-23(34-22)25(31)30-29-13-15-9-20(27)24(21(28)10-15)33-14-16-5-3-4-6-19(16)26/h3-13H,2,14H2,1H3,(H,30,31)/b29-13+. The number of benzene rings is 3. The molecule has 0 bridgehead atoms. The van der Waals surface area contributed by atoms with Gasteiger partial charge in [0.15, 0.2) is 5.76 Å². The zero-order valence-electron chi connectivity index (χ0n) is 18.0. The number of hydrogen-bond acceptors (Lipinski definition) is 5. The van der Waals surface area contributed by atoms with Crippen molar-refractivity contribution in [1.82, 2.24) is 5.43 Å². The normalized spacial score (nSPS) is 11.2. The summed E-state index contributed by atoms with van der Waals surface area (Å²) in [6, 6.07) is 18.5.